The molecule has 13 heavy (non-hydrogen) atoms. The molecule has 4 N–H and O–H groups in total. The van der Waals surface area contributed by atoms with Crippen LogP contribution in [0.25, 0.3) is 0 Å². The third kappa shape index (κ3) is 2.67. The Morgan fingerprint density at radius 1 is 1.54 bits per heavy atom. The summed E-state index contributed by atoms with van der Waals surface area (Å²) < 4.78 is 4.95. The third-order valence-corrected chi connectivity index (χ3v) is 1.10. The van der Waals surface area contributed by atoms with Gasteiger partial charge >= 0.3 is 0 Å². The molecule has 0 bridgehead atoms. The zero-order valence-corrected chi connectivity index (χ0v) is 6.64. The summed E-state index contributed by atoms with van der Waals surface area (Å²) in [5.74, 6) is 0.496. The molecule has 0 aliphatic heterocycles. The number of hydrogen-bond donors (Lipinski definition) is 2. The second-order valence-electron chi connectivity index (χ2n) is 2.08. The van der Waals surface area contributed by atoms with Crippen molar-refractivity contribution >= 4 is 12.2 Å². The summed E-state index contributed by atoms with van der Waals surface area (Å²) in [4.78, 5) is 0. The lowest BCUT2D eigenvalue weighted by molar-refractivity contribution is 0.546. The van der Waals surface area contributed by atoms with Crippen molar-refractivity contribution in [3.63, 3.8) is 0 Å². The van der Waals surface area contributed by atoms with Gasteiger partial charge in [0.05, 0.1) is 6.21 Å². The lowest BCUT2D eigenvalue weighted by Gasteiger charge is -1.83. The Bertz CT molecular complexity index is 380. The monoisotopic (exact) mass is 177 g/mol. The van der Waals surface area contributed by atoms with Crippen molar-refractivity contribution in [3.05, 3.63) is 23.7 Å². The lowest BCUT2D eigenvalue weighted by atomic mass is 10.4. The summed E-state index contributed by atoms with van der Waals surface area (Å²) in [7, 11) is 0. The fourth-order valence-corrected chi connectivity index (χ4v) is 0.635. The highest BCUT2D eigenvalue weighted by Crippen LogP contribution is 2.03. The molecule has 0 aliphatic rings. The topological polar surface area (TPSA) is 114 Å². The SMILES string of the molecule is N#Cc1ccc(/C=N/N=C(N)N)o1. The molecule has 6 nitrogen and oxygen atoms in total. The fraction of sp³-hybridized carbons (Fsp3) is 0. The molecule has 0 atom stereocenters. The molecule has 66 valence electrons. The maximum Gasteiger partial charge on any atom is 0.211 e. The van der Waals surface area contributed by atoms with E-state index in [9.17, 15) is 0 Å². The number of furan rings is 1. The molecule has 0 fully saturated rings. The van der Waals surface area contributed by atoms with Crippen LogP contribution in [0.5, 0.6) is 0 Å². The highest BCUT2D eigenvalue weighted by Gasteiger charge is 1.96. The minimum Gasteiger partial charge on any atom is -0.445 e. The number of rotatable bonds is 2. The van der Waals surface area contributed by atoms with E-state index in [2.05, 4.69) is 10.2 Å². The maximum absolute atomic E-state index is 8.41. The summed E-state index contributed by atoms with van der Waals surface area (Å²) in [6.07, 6.45) is 1.31. The van der Waals surface area contributed by atoms with E-state index in [0.29, 0.717) is 5.76 Å². The molecule has 6 heteroatoms. The van der Waals surface area contributed by atoms with Crippen LogP contribution in [0.2, 0.25) is 0 Å². The minimum absolute atomic E-state index is 0.136. The first-order valence-corrected chi connectivity index (χ1v) is 3.34. The van der Waals surface area contributed by atoms with Gasteiger partial charge in [0, 0.05) is 0 Å². The van der Waals surface area contributed by atoms with Crippen molar-refractivity contribution in [2.45, 2.75) is 0 Å². The summed E-state index contributed by atoms with van der Waals surface area (Å²) in [6, 6.07) is 4.95. The van der Waals surface area contributed by atoms with E-state index in [1.54, 1.807) is 6.07 Å². The molecule has 1 heterocycles. The molecule has 1 aromatic heterocycles. The van der Waals surface area contributed by atoms with Crippen molar-refractivity contribution in [3.8, 4) is 6.07 Å². The average molecular weight is 177 g/mol. The Balaban J connectivity index is 2.70. The molecule has 0 saturated carbocycles. The van der Waals surface area contributed by atoms with Gasteiger partial charge < -0.3 is 15.9 Å². The van der Waals surface area contributed by atoms with Gasteiger partial charge in [-0.1, -0.05) is 0 Å². The number of guanidine groups is 1. The second kappa shape index (κ2) is 3.92. The Labute approximate surface area is 74.2 Å². The van der Waals surface area contributed by atoms with Crippen molar-refractivity contribution in [2.75, 3.05) is 0 Å². The van der Waals surface area contributed by atoms with E-state index in [-0.39, 0.29) is 11.7 Å². The molecule has 1 aromatic rings. The van der Waals surface area contributed by atoms with Gasteiger partial charge in [-0.25, -0.2) is 0 Å². The van der Waals surface area contributed by atoms with Crippen molar-refractivity contribution in [1.82, 2.24) is 0 Å². The minimum atomic E-state index is -0.136. The standard InChI is InChI=1S/C7H7N5O/c8-3-5-1-2-6(13-5)4-11-12-7(9)10/h1-2,4H,(H4,9,10,12)/b11-4+. The van der Waals surface area contributed by atoms with Crippen LogP contribution in [0.1, 0.15) is 11.5 Å². The molecule has 0 aliphatic carbocycles. The van der Waals surface area contributed by atoms with Crippen LogP contribution in [0.4, 0.5) is 0 Å². The molecule has 0 unspecified atom stereocenters. The number of nitrogens with zero attached hydrogens (tertiary/aromatic N) is 3. The number of nitriles is 1. The van der Waals surface area contributed by atoms with Gasteiger partial charge in [0.25, 0.3) is 0 Å². The first-order chi connectivity index (χ1) is 6.22. The Morgan fingerprint density at radius 3 is 2.85 bits per heavy atom. The van der Waals surface area contributed by atoms with Crippen LogP contribution >= 0.6 is 0 Å². The first-order valence-electron chi connectivity index (χ1n) is 3.34. The molecule has 0 amide bonds. The summed E-state index contributed by atoms with van der Waals surface area (Å²) >= 11 is 0. The van der Waals surface area contributed by atoms with E-state index >= 15 is 0 Å². The normalized spacial score (nSPS) is 9.77. The maximum atomic E-state index is 8.41. The smallest absolute Gasteiger partial charge is 0.211 e. The van der Waals surface area contributed by atoms with Crippen LogP contribution < -0.4 is 11.5 Å². The zero-order chi connectivity index (χ0) is 9.68. The van der Waals surface area contributed by atoms with Gasteiger partial charge in [0.15, 0.2) is 0 Å². The molecule has 0 aromatic carbocycles. The van der Waals surface area contributed by atoms with Gasteiger partial charge in [-0.05, 0) is 12.1 Å². The van der Waals surface area contributed by atoms with Crippen molar-refractivity contribution in [2.24, 2.45) is 21.7 Å². The Morgan fingerprint density at radius 2 is 2.31 bits per heavy atom. The van der Waals surface area contributed by atoms with E-state index in [1.165, 1.54) is 12.3 Å². The lowest BCUT2D eigenvalue weighted by Crippen LogP contribution is -2.21. The van der Waals surface area contributed by atoms with Gasteiger partial charge in [0.1, 0.15) is 11.8 Å². The summed E-state index contributed by atoms with van der Waals surface area (Å²) in [5.41, 5.74) is 10.0. The highest BCUT2D eigenvalue weighted by molar-refractivity contribution is 5.79. The van der Waals surface area contributed by atoms with Crippen molar-refractivity contribution < 1.29 is 4.42 Å². The van der Waals surface area contributed by atoms with Gasteiger partial charge in [-0.3, -0.25) is 0 Å². The van der Waals surface area contributed by atoms with E-state index in [1.807, 2.05) is 6.07 Å². The fourth-order valence-electron chi connectivity index (χ4n) is 0.635. The van der Waals surface area contributed by atoms with E-state index in [0.717, 1.165) is 0 Å². The second-order valence-corrected chi connectivity index (χ2v) is 2.08. The number of hydrogen-bond acceptors (Lipinski definition) is 4. The van der Waals surface area contributed by atoms with Gasteiger partial charge in [0.2, 0.25) is 11.7 Å². The molecular formula is C7H7N5O. The Kier molecular flexibility index (Phi) is 2.65. The zero-order valence-electron chi connectivity index (χ0n) is 6.64. The third-order valence-electron chi connectivity index (χ3n) is 1.10. The quantitative estimate of drug-likeness (QED) is 0.368. The van der Waals surface area contributed by atoms with Gasteiger partial charge in [-0.2, -0.15) is 10.4 Å². The average Bonchev–Trinajstić information content (AvgIpc) is 2.52. The largest absolute Gasteiger partial charge is 0.445 e. The van der Waals surface area contributed by atoms with Gasteiger partial charge in [-0.15, -0.1) is 5.10 Å². The summed E-state index contributed by atoms with van der Waals surface area (Å²) in [5, 5.41) is 15.3. The molecule has 0 saturated heterocycles. The van der Waals surface area contributed by atoms with Crippen LogP contribution in [0.15, 0.2) is 26.8 Å². The highest BCUT2D eigenvalue weighted by atomic mass is 16.3. The summed E-state index contributed by atoms with van der Waals surface area (Å²) in [6.45, 7) is 0. The predicted molar refractivity (Wildman–Crippen MR) is 46.8 cm³/mol. The Hall–Kier alpha value is -2.29. The predicted octanol–water partition coefficient (Wildman–Crippen LogP) is -0.241. The van der Waals surface area contributed by atoms with Crippen molar-refractivity contribution in [1.29, 1.82) is 5.26 Å². The van der Waals surface area contributed by atoms with Crippen LogP contribution in [-0.2, 0) is 0 Å². The van der Waals surface area contributed by atoms with E-state index in [4.69, 9.17) is 21.1 Å². The van der Waals surface area contributed by atoms with Crippen LogP contribution in [0.3, 0.4) is 0 Å². The molecule has 0 spiro atoms. The number of nitrogens with two attached hydrogens (primary N) is 2. The first kappa shape index (κ1) is 8.80. The molecular weight excluding hydrogens is 170 g/mol. The van der Waals surface area contributed by atoms with Crippen LogP contribution in [-0.4, -0.2) is 12.2 Å². The molecule has 0 radical (unpaired) electrons. The van der Waals surface area contributed by atoms with E-state index < -0.39 is 0 Å². The molecule has 1 rings (SSSR count). The van der Waals surface area contributed by atoms with Crippen LogP contribution in [0, 0.1) is 11.3 Å².